The fourth-order valence-electron chi connectivity index (χ4n) is 2.36. The standard InChI is InChI=1S/C20H18N4O3/c1-13-5-3-4-6-16(13)24-19(25)17-11-22-18(12-21-17)23-15-9-7-14(8-10-15)20(26)27-2/h3-12H,1-2H3,(H,22,23)(H,24,25). The first kappa shape index (κ1) is 18.1. The molecular weight excluding hydrogens is 344 g/mol. The van der Waals surface area contributed by atoms with Crippen LogP contribution in [0.2, 0.25) is 0 Å². The minimum atomic E-state index is -0.398. The van der Waals surface area contributed by atoms with Crippen molar-refractivity contribution in [2.75, 3.05) is 17.7 Å². The monoisotopic (exact) mass is 362 g/mol. The Kier molecular flexibility index (Phi) is 5.41. The number of aryl methyl sites for hydroxylation is 1. The molecule has 0 spiro atoms. The van der Waals surface area contributed by atoms with Crippen LogP contribution in [0.5, 0.6) is 0 Å². The van der Waals surface area contributed by atoms with Crippen LogP contribution in [0.4, 0.5) is 17.2 Å². The lowest BCUT2D eigenvalue weighted by Gasteiger charge is -2.09. The van der Waals surface area contributed by atoms with E-state index in [0.717, 1.165) is 16.9 Å². The molecule has 0 aliphatic carbocycles. The van der Waals surface area contributed by atoms with Crippen molar-refractivity contribution in [3.63, 3.8) is 0 Å². The number of amides is 1. The molecule has 7 nitrogen and oxygen atoms in total. The average molecular weight is 362 g/mol. The fraction of sp³-hybridized carbons (Fsp3) is 0.100. The van der Waals surface area contributed by atoms with Gasteiger partial charge in [-0.15, -0.1) is 0 Å². The number of hydrogen-bond acceptors (Lipinski definition) is 6. The Balaban J connectivity index is 1.65. The maximum Gasteiger partial charge on any atom is 0.337 e. The highest BCUT2D eigenvalue weighted by molar-refractivity contribution is 6.03. The maximum atomic E-state index is 12.3. The second-order valence-electron chi connectivity index (χ2n) is 5.75. The van der Waals surface area contributed by atoms with Crippen molar-refractivity contribution in [1.82, 2.24) is 9.97 Å². The minimum absolute atomic E-state index is 0.213. The third kappa shape index (κ3) is 4.46. The molecule has 1 heterocycles. The number of benzene rings is 2. The van der Waals surface area contributed by atoms with Crippen molar-refractivity contribution in [2.45, 2.75) is 6.92 Å². The molecule has 7 heteroatoms. The molecule has 0 aliphatic heterocycles. The van der Waals surface area contributed by atoms with E-state index < -0.39 is 5.97 Å². The summed E-state index contributed by atoms with van der Waals surface area (Å²) >= 11 is 0. The molecular formula is C20H18N4O3. The van der Waals surface area contributed by atoms with Crippen molar-refractivity contribution < 1.29 is 14.3 Å². The van der Waals surface area contributed by atoms with Crippen LogP contribution >= 0.6 is 0 Å². The Morgan fingerprint density at radius 2 is 1.70 bits per heavy atom. The van der Waals surface area contributed by atoms with E-state index >= 15 is 0 Å². The summed E-state index contributed by atoms with van der Waals surface area (Å²) in [5, 5.41) is 5.87. The number of methoxy groups -OCH3 is 1. The SMILES string of the molecule is COC(=O)c1ccc(Nc2cnc(C(=O)Nc3ccccc3C)cn2)cc1. The molecule has 0 radical (unpaired) electrons. The number of rotatable bonds is 5. The molecule has 0 saturated carbocycles. The highest BCUT2D eigenvalue weighted by atomic mass is 16.5. The Morgan fingerprint density at radius 3 is 2.33 bits per heavy atom. The number of ether oxygens (including phenoxy) is 1. The van der Waals surface area contributed by atoms with Crippen molar-refractivity contribution >= 4 is 29.1 Å². The molecule has 0 saturated heterocycles. The van der Waals surface area contributed by atoms with Gasteiger partial charge in [-0.3, -0.25) is 4.79 Å². The van der Waals surface area contributed by atoms with Crippen LogP contribution < -0.4 is 10.6 Å². The Labute approximate surface area is 156 Å². The number of anilines is 3. The first-order chi connectivity index (χ1) is 13.1. The van der Waals surface area contributed by atoms with Crippen molar-refractivity contribution in [3.05, 3.63) is 77.7 Å². The summed E-state index contributed by atoms with van der Waals surface area (Å²) in [7, 11) is 1.33. The summed E-state index contributed by atoms with van der Waals surface area (Å²) in [6.45, 7) is 1.92. The first-order valence-electron chi connectivity index (χ1n) is 8.21. The molecule has 3 aromatic rings. The van der Waals surface area contributed by atoms with Crippen LogP contribution in [0.1, 0.15) is 26.4 Å². The zero-order valence-electron chi connectivity index (χ0n) is 14.9. The molecule has 2 N–H and O–H groups in total. The zero-order valence-corrected chi connectivity index (χ0v) is 14.9. The second-order valence-corrected chi connectivity index (χ2v) is 5.75. The third-order valence-corrected chi connectivity index (χ3v) is 3.86. The average Bonchev–Trinajstić information content (AvgIpc) is 2.70. The Morgan fingerprint density at radius 1 is 0.963 bits per heavy atom. The van der Waals surface area contributed by atoms with Gasteiger partial charge in [0.25, 0.3) is 5.91 Å². The Hall–Kier alpha value is -3.74. The van der Waals surface area contributed by atoms with E-state index in [1.807, 2.05) is 31.2 Å². The number of para-hydroxylation sites is 1. The quantitative estimate of drug-likeness (QED) is 0.674. The summed E-state index contributed by atoms with van der Waals surface area (Å²) in [4.78, 5) is 32.1. The minimum Gasteiger partial charge on any atom is -0.465 e. The fourth-order valence-corrected chi connectivity index (χ4v) is 2.36. The second kappa shape index (κ2) is 8.09. The van der Waals surface area contributed by atoms with E-state index in [2.05, 4.69) is 25.3 Å². The molecule has 0 unspecified atom stereocenters. The van der Waals surface area contributed by atoms with Gasteiger partial charge in [-0.1, -0.05) is 18.2 Å². The van der Waals surface area contributed by atoms with Crippen molar-refractivity contribution in [1.29, 1.82) is 0 Å². The van der Waals surface area contributed by atoms with Crippen LogP contribution in [-0.2, 0) is 4.74 Å². The number of hydrogen-bond donors (Lipinski definition) is 2. The third-order valence-electron chi connectivity index (χ3n) is 3.86. The van der Waals surface area contributed by atoms with Crippen LogP contribution in [0, 0.1) is 6.92 Å². The molecule has 0 fully saturated rings. The number of aromatic nitrogens is 2. The van der Waals surface area contributed by atoms with Crippen LogP contribution in [0.15, 0.2) is 60.9 Å². The van der Waals surface area contributed by atoms with Gasteiger partial charge in [-0.25, -0.2) is 14.8 Å². The van der Waals surface area contributed by atoms with E-state index in [9.17, 15) is 9.59 Å². The molecule has 136 valence electrons. The predicted molar refractivity (Wildman–Crippen MR) is 102 cm³/mol. The van der Waals surface area contributed by atoms with Crippen LogP contribution in [0.25, 0.3) is 0 Å². The van der Waals surface area contributed by atoms with Crippen LogP contribution in [-0.4, -0.2) is 29.0 Å². The lowest BCUT2D eigenvalue weighted by molar-refractivity contribution is 0.0600. The summed E-state index contributed by atoms with van der Waals surface area (Å²) in [5.41, 5.74) is 3.10. The van der Waals surface area contributed by atoms with Gasteiger partial charge in [0.05, 0.1) is 25.1 Å². The predicted octanol–water partition coefficient (Wildman–Crippen LogP) is 3.57. The van der Waals surface area contributed by atoms with Gasteiger partial charge >= 0.3 is 5.97 Å². The van der Waals surface area contributed by atoms with Crippen molar-refractivity contribution in [3.8, 4) is 0 Å². The van der Waals surface area contributed by atoms with Crippen molar-refractivity contribution in [2.24, 2.45) is 0 Å². The van der Waals surface area contributed by atoms with Gasteiger partial charge in [-0.2, -0.15) is 0 Å². The normalized spacial score (nSPS) is 10.1. The Bertz CT molecular complexity index is 954. The van der Waals surface area contributed by atoms with Gasteiger partial charge in [0.2, 0.25) is 0 Å². The van der Waals surface area contributed by atoms with Crippen LogP contribution in [0.3, 0.4) is 0 Å². The van der Waals surface area contributed by atoms with E-state index in [1.54, 1.807) is 24.3 Å². The van der Waals surface area contributed by atoms with Gasteiger partial charge in [-0.05, 0) is 42.8 Å². The summed E-state index contributed by atoms with van der Waals surface area (Å²) < 4.78 is 4.66. The first-order valence-corrected chi connectivity index (χ1v) is 8.21. The molecule has 27 heavy (non-hydrogen) atoms. The van der Waals surface area contributed by atoms with Gasteiger partial charge < -0.3 is 15.4 Å². The van der Waals surface area contributed by atoms with Gasteiger partial charge in [0.15, 0.2) is 0 Å². The summed E-state index contributed by atoms with van der Waals surface area (Å²) in [5.74, 6) is -0.246. The summed E-state index contributed by atoms with van der Waals surface area (Å²) in [6, 6.07) is 14.3. The number of carbonyl (C=O) groups excluding carboxylic acids is 2. The lowest BCUT2D eigenvalue weighted by atomic mass is 10.2. The van der Waals surface area contributed by atoms with Gasteiger partial charge in [0, 0.05) is 11.4 Å². The number of carbonyl (C=O) groups is 2. The molecule has 1 aromatic heterocycles. The molecule has 0 atom stereocenters. The number of esters is 1. The molecule has 1 amide bonds. The summed E-state index contributed by atoms with van der Waals surface area (Å²) in [6.07, 6.45) is 2.87. The van der Waals surface area contributed by atoms with E-state index in [1.165, 1.54) is 19.5 Å². The highest BCUT2D eigenvalue weighted by Gasteiger charge is 2.10. The highest BCUT2D eigenvalue weighted by Crippen LogP contribution is 2.16. The molecule has 0 aliphatic rings. The number of nitrogens with one attached hydrogen (secondary N) is 2. The van der Waals surface area contributed by atoms with Gasteiger partial charge in [0.1, 0.15) is 11.5 Å². The van der Waals surface area contributed by atoms with E-state index in [-0.39, 0.29) is 11.6 Å². The van der Waals surface area contributed by atoms with E-state index in [0.29, 0.717) is 11.4 Å². The number of nitrogens with zero attached hydrogens (tertiary/aromatic N) is 2. The maximum absolute atomic E-state index is 12.3. The topological polar surface area (TPSA) is 93.2 Å². The molecule has 3 rings (SSSR count). The molecule has 0 bridgehead atoms. The molecule has 2 aromatic carbocycles. The smallest absolute Gasteiger partial charge is 0.337 e. The lowest BCUT2D eigenvalue weighted by Crippen LogP contribution is -2.15. The zero-order chi connectivity index (χ0) is 19.2. The largest absolute Gasteiger partial charge is 0.465 e. The van der Waals surface area contributed by atoms with E-state index in [4.69, 9.17) is 0 Å².